The number of nitro groups is 1. The van der Waals surface area contributed by atoms with E-state index in [1.54, 1.807) is 12.1 Å². The number of anilines is 1. The van der Waals surface area contributed by atoms with E-state index in [1.165, 1.54) is 25.4 Å². The zero-order valence-corrected chi connectivity index (χ0v) is 11.6. The fourth-order valence-electron chi connectivity index (χ4n) is 1.58. The summed E-state index contributed by atoms with van der Waals surface area (Å²) in [6.45, 7) is 0. The van der Waals surface area contributed by atoms with Gasteiger partial charge in [-0.1, -0.05) is 11.6 Å². The number of nitrogens with zero attached hydrogens (tertiary/aromatic N) is 2. The van der Waals surface area contributed by atoms with Crippen molar-refractivity contribution in [3.8, 4) is 5.88 Å². The Balaban J connectivity index is 2.17. The fourth-order valence-corrected chi connectivity index (χ4v) is 1.84. The third-order valence-corrected chi connectivity index (χ3v) is 2.92. The monoisotopic (exact) mass is 307 g/mol. The normalized spacial score (nSPS) is 10.0. The Kier molecular flexibility index (Phi) is 4.34. The van der Waals surface area contributed by atoms with Gasteiger partial charge in [0.05, 0.1) is 34.5 Å². The molecule has 0 saturated carbocycles. The van der Waals surface area contributed by atoms with Crippen LogP contribution in [0.15, 0.2) is 36.5 Å². The summed E-state index contributed by atoms with van der Waals surface area (Å²) < 4.78 is 4.90. The highest BCUT2D eigenvalue weighted by Crippen LogP contribution is 2.23. The summed E-state index contributed by atoms with van der Waals surface area (Å²) in [5.41, 5.74) is 0.413. The SMILES string of the molecule is COc1ccc(NC(=O)c2ccc([N+](=O)[O-])cc2Cl)cn1. The van der Waals surface area contributed by atoms with E-state index < -0.39 is 10.8 Å². The molecule has 21 heavy (non-hydrogen) atoms. The molecule has 2 aromatic rings. The molecule has 1 aromatic carbocycles. The van der Waals surface area contributed by atoms with Crippen molar-refractivity contribution in [2.45, 2.75) is 0 Å². The Morgan fingerprint density at radius 1 is 1.38 bits per heavy atom. The Morgan fingerprint density at radius 2 is 2.14 bits per heavy atom. The zero-order chi connectivity index (χ0) is 15.4. The first-order valence-electron chi connectivity index (χ1n) is 5.76. The number of ether oxygens (including phenoxy) is 1. The summed E-state index contributed by atoms with van der Waals surface area (Å²) in [7, 11) is 1.48. The van der Waals surface area contributed by atoms with E-state index in [4.69, 9.17) is 16.3 Å². The second kappa shape index (κ2) is 6.19. The number of carbonyl (C=O) groups is 1. The molecule has 0 unspecified atom stereocenters. The Morgan fingerprint density at radius 3 is 2.67 bits per heavy atom. The van der Waals surface area contributed by atoms with Crippen LogP contribution in [0.4, 0.5) is 11.4 Å². The van der Waals surface area contributed by atoms with E-state index in [9.17, 15) is 14.9 Å². The van der Waals surface area contributed by atoms with E-state index in [1.807, 2.05) is 0 Å². The molecule has 0 radical (unpaired) electrons. The summed E-state index contributed by atoms with van der Waals surface area (Å²) in [5.74, 6) is -0.0665. The highest BCUT2D eigenvalue weighted by molar-refractivity contribution is 6.34. The molecule has 0 saturated heterocycles. The zero-order valence-electron chi connectivity index (χ0n) is 10.9. The summed E-state index contributed by atoms with van der Waals surface area (Å²) in [6, 6.07) is 6.85. The Labute approximate surface area is 124 Å². The topological polar surface area (TPSA) is 94.4 Å². The number of nitro benzene ring substituents is 1. The van der Waals surface area contributed by atoms with E-state index in [-0.39, 0.29) is 16.3 Å². The number of methoxy groups -OCH3 is 1. The van der Waals surface area contributed by atoms with E-state index in [2.05, 4.69) is 10.3 Å². The molecule has 1 heterocycles. The summed E-state index contributed by atoms with van der Waals surface area (Å²) in [4.78, 5) is 26.0. The number of rotatable bonds is 4. The number of non-ortho nitro benzene ring substituents is 1. The number of amides is 1. The molecule has 0 aliphatic heterocycles. The van der Waals surface area contributed by atoms with Crippen LogP contribution in [0, 0.1) is 10.1 Å². The molecule has 2 rings (SSSR count). The lowest BCUT2D eigenvalue weighted by Gasteiger charge is -2.07. The largest absolute Gasteiger partial charge is 0.481 e. The van der Waals surface area contributed by atoms with E-state index >= 15 is 0 Å². The van der Waals surface area contributed by atoms with Crippen LogP contribution in [0.25, 0.3) is 0 Å². The van der Waals surface area contributed by atoms with Crippen LogP contribution < -0.4 is 10.1 Å². The number of aromatic nitrogens is 1. The summed E-state index contributed by atoms with van der Waals surface area (Å²) >= 11 is 5.88. The molecule has 0 aliphatic rings. The van der Waals surface area contributed by atoms with Crippen LogP contribution in [-0.4, -0.2) is 22.9 Å². The van der Waals surface area contributed by atoms with Crippen molar-refractivity contribution < 1.29 is 14.5 Å². The number of nitrogens with one attached hydrogen (secondary N) is 1. The second-order valence-electron chi connectivity index (χ2n) is 3.96. The maximum Gasteiger partial charge on any atom is 0.270 e. The molecular weight excluding hydrogens is 298 g/mol. The molecule has 0 bridgehead atoms. The molecule has 1 aromatic heterocycles. The smallest absolute Gasteiger partial charge is 0.270 e. The molecule has 0 fully saturated rings. The average Bonchev–Trinajstić information content (AvgIpc) is 2.47. The van der Waals surface area contributed by atoms with Crippen molar-refractivity contribution in [1.29, 1.82) is 0 Å². The maximum absolute atomic E-state index is 12.0. The van der Waals surface area contributed by atoms with Crippen molar-refractivity contribution in [3.05, 3.63) is 57.2 Å². The third kappa shape index (κ3) is 3.46. The highest BCUT2D eigenvalue weighted by Gasteiger charge is 2.15. The van der Waals surface area contributed by atoms with Gasteiger partial charge in [0, 0.05) is 18.2 Å². The van der Waals surface area contributed by atoms with Crippen LogP contribution in [0.1, 0.15) is 10.4 Å². The molecule has 8 heteroatoms. The lowest BCUT2D eigenvalue weighted by atomic mass is 10.2. The van der Waals surface area contributed by atoms with E-state index in [0.29, 0.717) is 11.6 Å². The summed E-state index contributed by atoms with van der Waals surface area (Å²) in [5, 5.41) is 13.2. The molecule has 0 spiro atoms. The number of benzene rings is 1. The minimum Gasteiger partial charge on any atom is -0.481 e. The predicted octanol–water partition coefficient (Wildman–Crippen LogP) is 2.90. The first-order valence-corrected chi connectivity index (χ1v) is 6.14. The van der Waals surface area contributed by atoms with Gasteiger partial charge in [-0.2, -0.15) is 0 Å². The molecule has 7 nitrogen and oxygen atoms in total. The third-order valence-electron chi connectivity index (χ3n) is 2.61. The number of hydrogen-bond acceptors (Lipinski definition) is 5. The van der Waals surface area contributed by atoms with Gasteiger partial charge >= 0.3 is 0 Å². The van der Waals surface area contributed by atoms with Gasteiger partial charge in [0.2, 0.25) is 5.88 Å². The van der Waals surface area contributed by atoms with Crippen LogP contribution in [0.5, 0.6) is 5.88 Å². The van der Waals surface area contributed by atoms with Gasteiger partial charge < -0.3 is 10.1 Å². The molecule has 0 atom stereocenters. The van der Waals surface area contributed by atoms with Gasteiger partial charge in [0.1, 0.15) is 0 Å². The van der Waals surface area contributed by atoms with Crippen molar-refractivity contribution in [3.63, 3.8) is 0 Å². The second-order valence-corrected chi connectivity index (χ2v) is 4.37. The van der Waals surface area contributed by atoms with Gasteiger partial charge in [-0.25, -0.2) is 4.98 Å². The minimum absolute atomic E-state index is 0.00294. The van der Waals surface area contributed by atoms with Gasteiger partial charge in [-0.05, 0) is 12.1 Å². The number of pyridine rings is 1. The van der Waals surface area contributed by atoms with Crippen molar-refractivity contribution >= 4 is 28.9 Å². The lowest BCUT2D eigenvalue weighted by Crippen LogP contribution is -2.12. The minimum atomic E-state index is -0.582. The Hall–Kier alpha value is -2.67. The van der Waals surface area contributed by atoms with Crippen LogP contribution in [0.3, 0.4) is 0 Å². The van der Waals surface area contributed by atoms with Crippen LogP contribution in [0.2, 0.25) is 5.02 Å². The molecular formula is C13H10ClN3O4. The van der Waals surface area contributed by atoms with Crippen molar-refractivity contribution in [2.24, 2.45) is 0 Å². The van der Waals surface area contributed by atoms with Crippen LogP contribution in [-0.2, 0) is 0 Å². The molecule has 1 amide bonds. The average molecular weight is 308 g/mol. The van der Waals surface area contributed by atoms with Gasteiger partial charge in [0.25, 0.3) is 11.6 Å². The van der Waals surface area contributed by atoms with Crippen molar-refractivity contribution in [2.75, 3.05) is 12.4 Å². The molecule has 1 N–H and O–H groups in total. The van der Waals surface area contributed by atoms with Gasteiger partial charge in [-0.3, -0.25) is 14.9 Å². The van der Waals surface area contributed by atoms with E-state index in [0.717, 1.165) is 6.07 Å². The van der Waals surface area contributed by atoms with Gasteiger partial charge in [0.15, 0.2) is 0 Å². The quantitative estimate of drug-likeness (QED) is 0.692. The molecule has 0 aliphatic carbocycles. The number of hydrogen-bond donors (Lipinski definition) is 1. The Bertz CT molecular complexity index is 688. The number of halogens is 1. The first kappa shape index (κ1) is 14.7. The first-order chi connectivity index (χ1) is 10.0. The van der Waals surface area contributed by atoms with Gasteiger partial charge in [-0.15, -0.1) is 0 Å². The fraction of sp³-hybridized carbons (Fsp3) is 0.0769. The molecule has 108 valence electrons. The maximum atomic E-state index is 12.0. The summed E-state index contributed by atoms with van der Waals surface area (Å²) in [6.07, 6.45) is 1.43. The predicted molar refractivity (Wildman–Crippen MR) is 76.8 cm³/mol. The highest BCUT2D eigenvalue weighted by atomic mass is 35.5. The van der Waals surface area contributed by atoms with Crippen LogP contribution >= 0.6 is 11.6 Å². The van der Waals surface area contributed by atoms with Crippen molar-refractivity contribution in [1.82, 2.24) is 4.98 Å². The number of carbonyl (C=O) groups excluding carboxylic acids is 1. The lowest BCUT2D eigenvalue weighted by molar-refractivity contribution is -0.384. The standard InChI is InChI=1S/C13H10ClN3O4/c1-21-12-5-2-8(7-15-12)16-13(18)10-4-3-9(17(19)20)6-11(10)14/h2-7H,1H3,(H,16,18).